The fourth-order valence-electron chi connectivity index (χ4n) is 3.61. The van der Waals surface area contributed by atoms with Gasteiger partial charge in [0.2, 0.25) is 0 Å². The van der Waals surface area contributed by atoms with Gasteiger partial charge in [-0.05, 0) is 86.7 Å². The van der Waals surface area contributed by atoms with E-state index in [1.54, 1.807) is 14.2 Å². The van der Waals surface area contributed by atoms with Gasteiger partial charge in [-0.25, -0.2) is 0 Å². The molecular formula is C28H42BNO5Si. The maximum Gasteiger partial charge on any atom is 0.487 e. The molecule has 196 valence electrons. The molecule has 0 radical (unpaired) electrons. The van der Waals surface area contributed by atoms with Crippen molar-refractivity contribution in [2.75, 3.05) is 20.8 Å². The molecule has 1 saturated heterocycles. The standard InChI is InChI=1S/C28H42BNO5Si/c1-26(2,3)36(10,11)33-19-23(16-29-34-27(4,5)28(6,7)35-29)22-14-21(17-30-18-22)20-12-13-24(31-8)25(15-20)32-9/h12-18H,19H2,1-11H3. The van der Waals surface area contributed by atoms with E-state index < -0.39 is 26.6 Å². The topological polar surface area (TPSA) is 59.0 Å². The highest BCUT2D eigenvalue weighted by Gasteiger charge is 2.50. The molecular weight excluding hydrogens is 469 g/mol. The summed E-state index contributed by atoms with van der Waals surface area (Å²) in [6.45, 7) is 20.0. The van der Waals surface area contributed by atoms with Gasteiger partial charge >= 0.3 is 7.12 Å². The van der Waals surface area contributed by atoms with Crippen LogP contribution in [0.2, 0.25) is 18.1 Å². The third kappa shape index (κ3) is 6.05. The zero-order chi connectivity index (χ0) is 26.9. The van der Waals surface area contributed by atoms with Gasteiger partial charge in [-0.3, -0.25) is 4.98 Å². The normalized spacial score (nSPS) is 17.9. The molecule has 1 aliphatic heterocycles. The second kappa shape index (κ2) is 10.3. The van der Waals surface area contributed by atoms with Crippen LogP contribution in [-0.2, 0) is 13.7 Å². The van der Waals surface area contributed by atoms with Crippen LogP contribution in [0.3, 0.4) is 0 Å². The molecule has 36 heavy (non-hydrogen) atoms. The first-order chi connectivity index (χ1) is 16.6. The lowest BCUT2D eigenvalue weighted by Gasteiger charge is -2.36. The molecule has 1 aromatic heterocycles. The van der Waals surface area contributed by atoms with Crippen LogP contribution in [0.1, 0.15) is 54.0 Å². The molecule has 0 unspecified atom stereocenters. The van der Waals surface area contributed by atoms with Crippen molar-refractivity contribution in [2.24, 2.45) is 0 Å². The van der Waals surface area contributed by atoms with Gasteiger partial charge < -0.3 is 23.2 Å². The Kier molecular flexibility index (Phi) is 8.16. The summed E-state index contributed by atoms with van der Waals surface area (Å²) in [6.07, 6.45) is 3.72. The number of ether oxygens (including phenoxy) is 2. The van der Waals surface area contributed by atoms with Gasteiger partial charge in [0.05, 0.1) is 32.0 Å². The van der Waals surface area contributed by atoms with Gasteiger partial charge in [-0.15, -0.1) is 0 Å². The van der Waals surface area contributed by atoms with Gasteiger partial charge in [-0.2, -0.15) is 0 Å². The van der Waals surface area contributed by atoms with Crippen LogP contribution in [0, 0.1) is 0 Å². The molecule has 3 rings (SSSR count). The lowest BCUT2D eigenvalue weighted by atomic mass is 9.85. The Morgan fingerprint density at radius 2 is 1.56 bits per heavy atom. The average Bonchev–Trinajstić information content (AvgIpc) is 3.01. The van der Waals surface area contributed by atoms with Gasteiger partial charge in [0.1, 0.15) is 0 Å². The van der Waals surface area contributed by atoms with E-state index in [4.69, 9.17) is 23.2 Å². The Labute approximate surface area is 218 Å². The molecule has 1 aliphatic rings. The molecule has 0 bridgehead atoms. The molecule has 1 fully saturated rings. The summed E-state index contributed by atoms with van der Waals surface area (Å²) in [5.74, 6) is 3.41. The maximum atomic E-state index is 6.63. The Bertz CT molecular complexity index is 1090. The van der Waals surface area contributed by atoms with Crippen LogP contribution >= 0.6 is 0 Å². The minimum absolute atomic E-state index is 0.0994. The van der Waals surface area contributed by atoms with Crippen LogP contribution in [0.4, 0.5) is 0 Å². The second-order valence-electron chi connectivity index (χ2n) is 11.9. The summed E-state index contributed by atoms with van der Waals surface area (Å²) in [5, 5.41) is 0.0994. The monoisotopic (exact) mass is 511 g/mol. The lowest BCUT2D eigenvalue weighted by molar-refractivity contribution is 0.00578. The molecule has 1 aromatic carbocycles. The van der Waals surface area contributed by atoms with E-state index in [0.717, 1.165) is 22.3 Å². The van der Waals surface area contributed by atoms with E-state index in [9.17, 15) is 0 Å². The van der Waals surface area contributed by atoms with Crippen molar-refractivity contribution in [3.05, 3.63) is 48.2 Å². The van der Waals surface area contributed by atoms with Gasteiger partial charge in [0.15, 0.2) is 19.8 Å². The third-order valence-corrected chi connectivity index (χ3v) is 12.3. The number of hydrogen-bond donors (Lipinski definition) is 0. The molecule has 0 amide bonds. The van der Waals surface area contributed by atoms with E-state index in [2.05, 4.69) is 72.6 Å². The zero-order valence-corrected chi connectivity index (χ0v) is 24.8. The number of hydrogen-bond acceptors (Lipinski definition) is 6. The Morgan fingerprint density at radius 3 is 2.11 bits per heavy atom. The highest BCUT2D eigenvalue weighted by molar-refractivity contribution is 6.74. The fourth-order valence-corrected chi connectivity index (χ4v) is 4.56. The van der Waals surface area contributed by atoms with Crippen molar-refractivity contribution in [2.45, 2.75) is 77.8 Å². The molecule has 6 nitrogen and oxygen atoms in total. The summed E-state index contributed by atoms with van der Waals surface area (Å²) in [7, 11) is 0.812. The van der Waals surface area contributed by atoms with E-state index in [1.807, 2.05) is 36.6 Å². The third-order valence-electron chi connectivity index (χ3n) is 7.83. The SMILES string of the molecule is COc1ccc(-c2cncc(C(=CB3OC(C)(C)C(C)(C)O3)CO[Si](C)(C)C(C)(C)C)c2)cc1OC. The van der Waals surface area contributed by atoms with E-state index >= 15 is 0 Å². The zero-order valence-electron chi connectivity index (χ0n) is 23.8. The Morgan fingerprint density at radius 1 is 0.944 bits per heavy atom. The summed E-state index contributed by atoms with van der Waals surface area (Å²) in [4.78, 5) is 4.57. The van der Waals surface area contributed by atoms with Crippen LogP contribution in [0.15, 0.2) is 42.6 Å². The molecule has 0 spiro atoms. The van der Waals surface area contributed by atoms with Gasteiger partial charge in [0.25, 0.3) is 0 Å². The van der Waals surface area contributed by atoms with E-state index in [-0.39, 0.29) is 5.04 Å². The molecule has 8 heteroatoms. The van der Waals surface area contributed by atoms with Crippen molar-refractivity contribution in [1.29, 1.82) is 0 Å². The second-order valence-corrected chi connectivity index (χ2v) is 16.7. The Hall–Kier alpha value is -2.13. The van der Waals surface area contributed by atoms with Crippen LogP contribution in [0.25, 0.3) is 16.7 Å². The van der Waals surface area contributed by atoms with Gasteiger partial charge in [-0.1, -0.05) is 26.8 Å². The first kappa shape index (κ1) is 28.4. The summed E-state index contributed by atoms with van der Waals surface area (Å²) in [5.41, 5.74) is 3.09. The lowest BCUT2D eigenvalue weighted by Crippen LogP contribution is -2.41. The summed E-state index contributed by atoms with van der Waals surface area (Å²) in [6, 6.07) is 8.00. The average molecular weight is 512 g/mol. The minimum Gasteiger partial charge on any atom is -0.493 e. The number of aromatic nitrogens is 1. The predicted octanol–water partition coefficient (Wildman–Crippen LogP) is 6.80. The fraction of sp³-hybridized carbons (Fsp3) is 0.536. The number of pyridine rings is 1. The van der Waals surface area contributed by atoms with Crippen molar-refractivity contribution < 1.29 is 23.2 Å². The summed E-state index contributed by atoms with van der Waals surface area (Å²) < 4.78 is 30.1. The van der Waals surface area contributed by atoms with E-state index in [1.165, 1.54) is 0 Å². The molecule has 0 saturated carbocycles. The van der Waals surface area contributed by atoms with Crippen LogP contribution in [-0.4, -0.2) is 52.4 Å². The largest absolute Gasteiger partial charge is 0.493 e. The van der Waals surface area contributed by atoms with E-state index in [0.29, 0.717) is 18.1 Å². The first-order valence-electron chi connectivity index (χ1n) is 12.5. The Balaban J connectivity index is 2.00. The van der Waals surface area contributed by atoms with Crippen molar-refractivity contribution in [3.8, 4) is 22.6 Å². The van der Waals surface area contributed by atoms with Crippen LogP contribution < -0.4 is 9.47 Å². The highest BCUT2D eigenvalue weighted by Crippen LogP contribution is 2.40. The van der Waals surface area contributed by atoms with Crippen molar-refractivity contribution in [1.82, 2.24) is 4.98 Å². The van der Waals surface area contributed by atoms with Gasteiger partial charge in [0, 0.05) is 18.0 Å². The molecule has 2 heterocycles. The molecule has 0 aliphatic carbocycles. The summed E-state index contributed by atoms with van der Waals surface area (Å²) >= 11 is 0. The number of nitrogens with zero attached hydrogens (tertiary/aromatic N) is 1. The van der Waals surface area contributed by atoms with Crippen molar-refractivity contribution in [3.63, 3.8) is 0 Å². The van der Waals surface area contributed by atoms with Crippen molar-refractivity contribution >= 4 is 21.0 Å². The minimum atomic E-state index is -1.99. The number of benzene rings is 1. The number of methoxy groups -OCH3 is 2. The maximum absolute atomic E-state index is 6.63. The quantitative estimate of drug-likeness (QED) is 0.363. The molecule has 2 aromatic rings. The predicted molar refractivity (Wildman–Crippen MR) is 150 cm³/mol. The number of rotatable bonds is 8. The highest BCUT2D eigenvalue weighted by atomic mass is 28.4. The smallest absolute Gasteiger partial charge is 0.487 e. The first-order valence-corrected chi connectivity index (χ1v) is 15.4. The molecule has 0 N–H and O–H groups in total. The van der Waals surface area contributed by atoms with Crippen LogP contribution in [0.5, 0.6) is 11.5 Å². The molecule has 0 atom stereocenters.